The van der Waals surface area contributed by atoms with Crippen LogP contribution in [0.1, 0.15) is 17.7 Å². The Labute approximate surface area is 178 Å². The zero-order valence-corrected chi connectivity index (χ0v) is 17.9. The molecule has 2 aromatic heterocycles. The van der Waals surface area contributed by atoms with Crippen LogP contribution in [-0.4, -0.2) is 41.5 Å². The van der Waals surface area contributed by atoms with Gasteiger partial charge in [-0.15, -0.1) is 11.3 Å². The number of halogens is 1. The number of piperidine rings is 1. The summed E-state index contributed by atoms with van der Waals surface area (Å²) in [7, 11) is -3.62. The lowest BCUT2D eigenvalue weighted by molar-refractivity contribution is -0.120. The minimum absolute atomic E-state index is 0.110. The summed E-state index contributed by atoms with van der Waals surface area (Å²) in [5.74, 6) is -1.33. The molecule has 0 saturated carbocycles. The second-order valence-corrected chi connectivity index (χ2v) is 10.6. The SMILES string of the molecule is Cc1ccc(S(=O)(=O)N2CCCC(C(=O)Nc3ccc(-n4cccn4)c(F)c3)C2)s1. The Hall–Kier alpha value is -2.56. The summed E-state index contributed by atoms with van der Waals surface area (Å²) in [5, 5.41) is 6.71. The zero-order chi connectivity index (χ0) is 21.3. The van der Waals surface area contributed by atoms with Gasteiger partial charge in [-0.05, 0) is 56.2 Å². The van der Waals surface area contributed by atoms with Gasteiger partial charge < -0.3 is 5.32 Å². The van der Waals surface area contributed by atoms with Crippen LogP contribution in [0.3, 0.4) is 0 Å². The van der Waals surface area contributed by atoms with Gasteiger partial charge in [-0.1, -0.05) is 0 Å². The number of benzene rings is 1. The van der Waals surface area contributed by atoms with Gasteiger partial charge >= 0.3 is 0 Å². The van der Waals surface area contributed by atoms with E-state index in [-0.39, 0.29) is 22.3 Å². The van der Waals surface area contributed by atoms with Crippen LogP contribution in [0.25, 0.3) is 5.69 Å². The Morgan fingerprint density at radius 2 is 2.13 bits per heavy atom. The second kappa shape index (κ2) is 8.29. The summed E-state index contributed by atoms with van der Waals surface area (Å²) in [4.78, 5) is 13.7. The van der Waals surface area contributed by atoms with E-state index in [0.717, 1.165) is 4.88 Å². The van der Waals surface area contributed by atoms with Crippen LogP contribution in [0, 0.1) is 18.7 Å². The molecule has 1 amide bonds. The monoisotopic (exact) mass is 448 g/mol. The number of sulfonamides is 1. The first-order valence-electron chi connectivity index (χ1n) is 9.51. The van der Waals surface area contributed by atoms with Crippen molar-refractivity contribution in [2.45, 2.75) is 24.0 Å². The van der Waals surface area contributed by atoms with Gasteiger partial charge in [-0.2, -0.15) is 9.40 Å². The number of rotatable bonds is 5. The summed E-state index contributed by atoms with van der Waals surface area (Å²) in [6.07, 6.45) is 4.35. The fourth-order valence-corrected chi connectivity index (χ4v) is 6.44. The lowest BCUT2D eigenvalue weighted by Crippen LogP contribution is -2.43. The standard InChI is InChI=1S/C20H21FN4O3S2/c1-14-5-8-19(29-14)30(27,28)24-10-2-4-15(13-24)20(26)23-16-6-7-18(17(21)12-16)25-11-3-9-22-25/h3,5-9,11-12,15H,2,4,10,13H2,1H3,(H,23,26). The van der Waals surface area contributed by atoms with Crippen molar-refractivity contribution in [3.63, 3.8) is 0 Å². The van der Waals surface area contributed by atoms with Gasteiger partial charge in [0.2, 0.25) is 5.91 Å². The van der Waals surface area contributed by atoms with E-state index in [1.165, 1.54) is 32.5 Å². The van der Waals surface area contributed by atoms with E-state index in [1.54, 1.807) is 36.7 Å². The molecule has 4 rings (SSSR count). The smallest absolute Gasteiger partial charge is 0.252 e. The predicted octanol–water partition coefficient (Wildman–Crippen LogP) is 3.42. The number of aromatic nitrogens is 2. The van der Waals surface area contributed by atoms with Crippen molar-refractivity contribution in [3.05, 3.63) is 59.5 Å². The summed E-state index contributed by atoms with van der Waals surface area (Å²) in [6, 6.07) is 9.44. The Kier molecular flexibility index (Phi) is 5.72. The minimum Gasteiger partial charge on any atom is -0.326 e. The molecular formula is C20H21FN4O3S2. The fraction of sp³-hybridized carbons (Fsp3) is 0.300. The predicted molar refractivity (Wildman–Crippen MR) is 113 cm³/mol. The number of hydrogen-bond acceptors (Lipinski definition) is 5. The highest BCUT2D eigenvalue weighted by atomic mass is 32.2. The van der Waals surface area contributed by atoms with Crippen LogP contribution in [0.5, 0.6) is 0 Å². The fourth-order valence-electron chi connectivity index (χ4n) is 3.48. The van der Waals surface area contributed by atoms with E-state index < -0.39 is 21.8 Å². The van der Waals surface area contributed by atoms with Crippen molar-refractivity contribution < 1.29 is 17.6 Å². The average Bonchev–Trinajstić information content (AvgIpc) is 3.40. The molecule has 0 spiro atoms. The highest BCUT2D eigenvalue weighted by molar-refractivity contribution is 7.91. The van der Waals surface area contributed by atoms with Crippen molar-refractivity contribution in [2.75, 3.05) is 18.4 Å². The van der Waals surface area contributed by atoms with Crippen LogP contribution >= 0.6 is 11.3 Å². The minimum atomic E-state index is -3.62. The van der Waals surface area contributed by atoms with Crippen LogP contribution in [0.4, 0.5) is 10.1 Å². The molecule has 0 aliphatic carbocycles. The molecular weight excluding hydrogens is 427 g/mol. The van der Waals surface area contributed by atoms with Crippen molar-refractivity contribution in [3.8, 4) is 5.69 Å². The van der Waals surface area contributed by atoms with Crippen LogP contribution in [-0.2, 0) is 14.8 Å². The molecule has 1 aliphatic rings. The molecule has 1 atom stereocenters. The average molecular weight is 449 g/mol. The number of carbonyl (C=O) groups is 1. The third-order valence-corrected chi connectivity index (χ3v) is 8.36. The highest BCUT2D eigenvalue weighted by Gasteiger charge is 2.34. The van der Waals surface area contributed by atoms with Gasteiger partial charge in [0.15, 0.2) is 5.82 Å². The highest BCUT2D eigenvalue weighted by Crippen LogP contribution is 2.29. The van der Waals surface area contributed by atoms with Gasteiger partial charge in [-0.3, -0.25) is 4.79 Å². The van der Waals surface area contributed by atoms with E-state index in [9.17, 15) is 17.6 Å². The normalized spacial score (nSPS) is 17.7. The Morgan fingerprint density at radius 3 is 2.80 bits per heavy atom. The van der Waals surface area contributed by atoms with E-state index in [0.29, 0.717) is 25.1 Å². The molecule has 1 N–H and O–H groups in total. The first kappa shape index (κ1) is 20.7. The molecule has 158 valence electrons. The number of nitrogens with one attached hydrogen (secondary N) is 1. The largest absolute Gasteiger partial charge is 0.326 e. The summed E-state index contributed by atoms with van der Waals surface area (Å²) in [5.41, 5.74) is 0.599. The zero-order valence-electron chi connectivity index (χ0n) is 16.3. The molecule has 3 aromatic rings. The summed E-state index contributed by atoms with van der Waals surface area (Å²) >= 11 is 1.22. The third kappa shape index (κ3) is 4.16. The van der Waals surface area contributed by atoms with Crippen molar-refractivity contribution in [1.82, 2.24) is 14.1 Å². The molecule has 30 heavy (non-hydrogen) atoms. The molecule has 0 bridgehead atoms. The maximum Gasteiger partial charge on any atom is 0.252 e. The number of carbonyl (C=O) groups excluding carboxylic acids is 1. The molecule has 3 heterocycles. The molecule has 7 nitrogen and oxygen atoms in total. The van der Waals surface area contributed by atoms with Crippen LogP contribution in [0.2, 0.25) is 0 Å². The third-order valence-electron chi connectivity index (χ3n) is 5.03. The molecule has 1 aromatic carbocycles. The van der Waals surface area contributed by atoms with Gasteiger partial charge in [0.25, 0.3) is 10.0 Å². The van der Waals surface area contributed by atoms with Gasteiger partial charge in [0.1, 0.15) is 9.90 Å². The first-order valence-corrected chi connectivity index (χ1v) is 11.8. The molecule has 1 unspecified atom stereocenters. The van der Waals surface area contributed by atoms with Crippen LogP contribution < -0.4 is 5.32 Å². The second-order valence-electron chi connectivity index (χ2n) is 7.17. The maximum atomic E-state index is 14.4. The summed E-state index contributed by atoms with van der Waals surface area (Å²) in [6.45, 7) is 2.35. The lowest BCUT2D eigenvalue weighted by Gasteiger charge is -2.30. The van der Waals surface area contributed by atoms with Gasteiger partial charge in [0, 0.05) is 36.0 Å². The first-order chi connectivity index (χ1) is 14.3. The Bertz CT molecular complexity index is 1160. The topological polar surface area (TPSA) is 84.3 Å². The van der Waals surface area contributed by atoms with E-state index >= 15 is 0 Å². The van der Waals surface area contributed by atoms with Gasteiger partial charge in [-0.25, -0.2) is 17.5 Å². The van der Waals surface area contributed by atoms with Gasteiger partial charge in [0.05, 0.1) is 5.92 Å². The molecule has 1 aliphatic heterocycles. The van der Waals surface area contributed by atoms with Crippen molar-refractivity contribution >= 4 is 33.0 Å². The number of amides is 1. The number of aryl methyl sites for hydroxylation is 1. The Balaban J connectivity index is 1.45. The van der Waals surface area contributed by atoms with E-state index in [1.807, 2.05) is 6.92 Å². The molecule has 1 saturated heterocycles. The number of hydrogen-bond donors (Lipinski definition) is 1. The molecule has 0 radical (unpaired) electrons. The number of anilines is 1. The quantitative estimate of drug-likeness (QED) is 0.648. The van der Waals surface area contributed by atoms with E-state index in [4.69, 9.17) is 0 Å². The molecule has 10 heteroatoms. The Morgan fingerprint density at radius 1 is 1.30 bits per heavy atom. The lowest BCUT2D eigenvalue weighted by atomic mass is 9.98. The summed E-state index contributed by atoms with van der Waals surface area (Å²) < 4.78 is 43.2. The molecule has 1 fully saturated rings. The van der Waals surface area contributed by atoms with E-state index in [2.05, 4.69) is 10.4 Å². The number of nitrogens with zero attached hydrogens (tertiary/aromatic N) is 3. The van der Waals surface area contributed by atoms with Crippen molar-refractivity contribution in [1.29, 1.82) is 0 Å². The number of thiophene rings is 1. The van der Waals surface area contributed by atoms with Crippen LogP contribution in [0.15, 0.2) is 53.0 Å². The van der Waals surface area contributed by atoms with Crippen molar-refractivity contribution in [2.24, 2.45) is 5.92 Å². The maximum absolute atomic E-state index is 14.4.